The number of halogens is 1. The van der Waals surface area contributed by atoms with Crippen molar-refractivity contribution in [2.24, 2.45) is 0 Å². The highest BCUT2D eigenvalue weighted by Gasteiger charge is 2.44. The van der Waals surface area contributed by atoms with Gasteiger partial charge in [0.05, 0.1) is 23.4 Å². The summed E-state index contributed by atoms with van der Waals surface area (Å²) in [7, 11) is -7.20. The molecule has 19 heavy (non-hydrogen) atoms. The summed E-state index contributed by atoms with van der Waals surface area (Å²) >= 11 is 5.70. The van der Waals surface area contributed by atoms with Crippen molar-refractivity contribution in [2.45, 2.75) is 17.1 Å². The van der Waals surface area contributed by atoms with Gasteiger partial charge in [-0.05, 0) is 17.7 Å². The Hall–Kier alpha value is -0.630. The van der Waals surface area contributed by atoms with Crippen LogP contribution < -0.4 is 0 Å². The first kappa shape index (κ1) is 14.8. The molecule has 5 nitrogen and oxygen atoms in total. The van der Waals surface area contributed by atoms with E-state index in [1.165, 1.54) is 0 Å². The molecular weight excluding hydrogens is 312 g/mol. The van der Waals surface area contributed by atoms with Crippen LogP contribution in [-0.2, 0) is 25.4 Å². The summed E-state index contributed by atoms with van der Waals surface area (Å²) in [4.78, 5) is 0. The fraction of sp³-hybridized carbons (Fsp3) is 0.455. The van der Waals surface area contributed by atoms with Crippen LogP contribution in [0.3, 0.4) is 0 Å². The van der Waals surface area contributed by atoms with E-state index in [1.54, 1.807) is 24.3 Å². The molecule has 1 aromatic rings. The molecule has 0 aliphatic carbocycles. The second-order valence-electron chi connectivity index (χ2n) is 4.62. The molecule has 0 radical (unpaired) electrons. The smallest absolute Gasteiger partial charge is 0.160 e. The van der Waals surface area contributed by atoms with Crippen molar-refractivity contribution in [1.29, 1.82) is 0 Å². The molecule has 0 saturated carbocycles. The summed E-state index contributed by atoms with van der Waals surface area (Å²) < 4.78 is 47.0. The highest BCUT2D eigenvalue weighted by Crippen LogP contribution is 2.23. The normalized spacial score (nSPS) is 26.4. The molecule has 1 heterocycles. The van der Waals surface area contributed by atoms with Crippen LogP contribution in [0.4, 0.5) is 0 Å². The Balaban J connectivity index is 2.22. The molecule has 0 amide bonds. The molecule has 1 aromatic carbocycles. The van der Waals surface area contributed by atoms with Crippen LogP contribution in [-0.4, -0.2) is 44.8 Å². The SMILES string of the molecule is O=S1(=O)C[C@@H](O)[C@@H](S(=O)(=O)Cc2ccc(Cl)cc2)C1. The highest BCUT2D eigenvalue weighted by atomic mass is 35.5. The van der Waals surface area contributed by atoms with Crippen LogP contribution in [0.2, 0.25) is 5.02 Å². The van der Waals surface area contributed by atoms with E-state index in [0.717, 1.165) is 0 Å². The Morgan fingerprint density at radius 1 is 1.21 bits per heavy atom. The van der Waals surface area contributed by atoms with Crippen molar-refractivity contribution in [3.05, 3.63) is 34.9 Å². The molecule has 1 aliphatic rings. The van der Waals surface area contributed by atoms with Gasteiger partial charge in [-0.15, -0.1) is 0 Å². The van der Waals surface area contributed by atoms with Gasteiger partial charge in [0.25, 0.3) is 0 Å². The van der Waals surface area contributed by atoms with Crippen LogP contribution in [0, 0.1) is 0 Å². The number of aliphatic hydroxyl groups is 1. The molecule has 1 saturated heterocycles. The average Bonchev–Trinajstić information content (AvgIpc) is 2.56. The van der Waals surface area contributed by atoms with E-state index in [1.807, 2.05) is 0 Å². The van der Waals surface area contributed by atoms with E-state index in [-0.39, 0.29) is 5.75 Å². The Labute approximate surface area is 117 Å². The predicted molar refractivity (Wildman–Crippen MR) is 72.5 cm³/mol. The lowest BCUT2D eigenvalue weighted by Gasteiger charge is -2.13. The van der Waals surface area contributed by atoms with Crippen LogP contribution in [0.5, 0.6) is 0 Å². The van der Waals surface area contributed by atoms with Gasteiger partial charge in [0.15, 0.2) is 19.7 Å². The maximum absolute atomic E-state index is 12.1. The Bertz CT molecular complexity index is 664. The van der Waals surface area contributed by atoms with Crippen molar-refractivity contribution >= 4 is 31.3 Å². The quantitative estimate of drug-likeness (QED) is 0.870. The van der Waals surface area contributed by atoms with Gasteiger partial charge < -0.3 is 5.11 Å². The van der Waals surface area contributed by atoms with Crippen molar-refractivity contribution < 1.29 is 21.9 Å². The minimum absolute atomic E-state index is 0.304. The molecular formula is C11H13ClO5S2. The number of sulfone groups is 2. The van der Waals surface area contributed by atoms with Crippen LogP contribution in [0.1, 0.15) is 5.56 Å². The van der Waals surface area contributed by atoms with Crippen LogP contribution in [0.15, 0.2) is 24.3 Å². The molecule has 1 fully saturated rings. The van der Waals surface area contributed by atoms with Crippen molar-refractivity contribution in [3.63, 3.8) is 0 Å². The van der Waals surface area contributed by atoms with Crippen molar-refractivity contribution in [3.8, 4) is 0 Å². The third kappa shape index (κ3) is 3.47. The molecule has 106 valence electrons. The summed E-state index contributed by atoms with van der Waals surface area (Å²) in [6.45, 7) is 0. The second kappa shape index (κ2) is 5.05. The molecule has 8 heteroatoms. The maximum atomic E-state index is 12.1. The van der Waals surface area contributed by atoms with Crippen molar-refractivity contribution in [2.75, 3.05) is 11.5 Å². The third-order valence-electron chi connectivity index (χ3n) is 3.01. The fourth-order valence-electron chi connectivity index (χ4n) is 2.06. The number of hydrogen-bond donors (Lipinski definition) is 1. The fourth-order valence-corrected chi connectivity index (χ4v) is 6.82. The predicted octanol–water partition coefficient (Wildman–Crippen LogP) is 0.413. The van der Waals surface area contributed by atoms with Crippen molar-refractivity contribution in [1.82, 2.24) is 0 Å². The van der Waals surface area contributed by atoms with Gasteiger partial charge in [-0.3, -0.25) is 0 Å². The zero-order valence-electron chi connectivity index (χ0n) is 9.86. The monoisotopic (exact) mass is 324 g/mol. The van der Waals surface area contributed by atoms with Gasteiger partial charge in [0, 0.05) is 5.02 Å². The summed E-state index contributed by atoms with van der Waals surface area (Å²) in [5.41, 5.74) is 0.515. The first-order valence-electron chi connectivity index (χ1n) is 5.54. The standard InChI is InChI=1S/C11H13ClO5S2/c12-9-3-1-8(2-4-9)5-19(16,17)11-7-18(14,15)6-10(11)13/h1-4,10-11,13H,5-7H2/t10-,11+/m1/s1. The molecule has 1 aliphatic heterocycles. The number of rotatable bonds is 3. The van der Waals surface area contributed by atoms with E-state index in [4.69, 9.17) is 11.6 Å². The molecule has 1 N–H and O–H groups in total. The minimum Gasteiger partial charge on any atom is -0.391 e. The van der Waals surface area contributed by atoms with E-state index >= 15 is 0 Å². The van der Waals surface area contributed by atoms with Gasteiger partial charge in [-0.1, -0.05) is 23.7 Å². The summed E-state index contributed by atoms with van der Waals surface area (Å²) in [6, 6.07) is 6.26. The first-order chi connectivity index (χ1) is 8.70. The molecule has 0 spiro atoms. The summed E-state index contributed by atoms with van der Waals surface area (Å²) in [5.74, 6) is -1.30. The van der Waals surface area contributed by atoms with Gasteiger partial charge in [0.2, 0.25) is 0 Å². The van der Waals surface area contributed by atoms with Crippen LogP contribution >= 0.6 is 11.6 Å². The third-order valence-corrected chi connectivity index (χ3v) is 7.33. The number of hydrogen-bond acceptors (Lipinski definition) is 5. The molecule has 2 atom stereocenters. The largest absolute Gasteiger partial charge is 0.391 e. The van der Waals surface area contributed by atoms with E-state index in [0.29, 0.717) is 10.6 Å². The van der Waals surface area contributed by atoms with Gasteiger partial charge >= 0.3 is 0 Å². The Morgan fingerprint density at radius 2 is 1.79 bits per heavy atom. The summed E-state index contributed by atoms with van der Waals surface area (Å²) in [5, 5.41) is 8.85. The lowest BCUT2D eigenvalue weighted by atomic mass is 10.2. The lowest BCUT2D eigenvalue weighted by molar-refractivity contribution is 0.204. The molecule has 0 bridgehead atoms. The van der Waals surface area contributed by atoms with E-state index in [2.05, 4.69) is 0 Å². The second-order valence-corrected chi connectivity index (χ2v) is 9.43. The highest BCUT2D eigenvalue weighted by molar-refractivity contribution is 7.96. The number of aliphatic hydroxyl groups excluding tert-OH is 1. The maximum Gasteiger partial charge on any atom is 0.160 e. The molecule has 0 unspecified atom stereocenters. The Kier molecular flexibility index (Phi) is 3.92. The topological polar surface area (TPSA) is 88.5 Å². The zero-order valence-corrected chi connectivity index (χ0v) is 12.2. The number of benzene rings is 1. The van der Waals surface area contributed by atoms with Gasteiger partial charge in [0.1, 0.15) is 5.25 Å². The molecule has 2 rings (SSSR count). The zero-order chi connectivity index (χ0) is 14.3. The first-order valence-corrected chi connectivity index (χ1v) is 9.46. The van der Waals surface area contributed by atoms with Crippen LogP contribution in [0.25, 0.3) is 0 Å². The van der Waals surface area contributed by atoms with Gasteiger partial charge in [-0.25, -0.2) is 16.8 Å². The summed E-state index contributed by atoms with van der Waals surface area (Å²) in [6.07, 6.45) is -1.35. The lowest BCUT2D eigenvalue weighted by Crippen LogP contribution is -2.33. The molecule has 0 aromatic heterocycles. The Morgan fingerprint density at radius 3 is 2.26 bits per heavy atom. The van der Waals surface area contributed by atoms with E-state index < -0.39 is 42.5 Å². The van der Waals surface area contributed by atoms with E-state index in [9.17, 15) is 21.9 Å². The average molecular weight is 325 g/mol. The minimum atomic E-state index is -3.72. The van der Waals surface area contributed by atoms with Gasteiger partial charge in [-0.2, -0.15) is 0 Å².